The Bertz CT molecular complexity index is 425. The van der Waals surface area contributed by atoms with Gasteiger partial charge in [-0.25, -0.2) is 0 Å². The molecule has 1 aromatic rings. The summed E-state index contributed by atoms with van der Waals surface area (Å²) in [6, 6.07) is 6.61. The Kier molecular flexibility index (Phi) is 3.14. The van der Waals surface area contributed by atoms with E-state index in [0.29, 0.717) is 25.5 Å². The molecule has 2 aliphatic rings. The SMILES string of the molecule is C[C@@H]1C[C@@H](OCc2ccc3c(c2)OCO3)CN1C. The summed E-state index contributed by atoms with van der Waals surface area (Å²) < 4.78 is 16.6. The van der Waals surface area contributed by atoms with Crippen molar-refractivity contribution in [3.8, 4) is 11.5 Å². The molecule has 18 heavy (non-hydrogen) atoms. The van der Waals surface area contributed by atoms with E-state index in [4.69, 9.17) is 14.2 Å². The average molecular weight is 249 g/mol. The molecule has 4 nitrogen and oxygen atoms in total. The van der Waals surface area contributed by atoms with Gasteiger partial charge in [-0.05, 0) is 38.1 Å². The minimum Gasteiger partial charge on any atom is -0.454 e. The van der Waals surface area contributed by atoms with E-state index >= 15 is 0 Å². The molecule has 2 heterocycles. The molecule has 0 N–H and O–H groups in total. The van der Waals surface area contributed by atoms with Gasteiger partial charge in [0, 0.05) is 12.6 Å². The van der Waals surface area contributed by atoms with Crippen LogP contribution in [-0.4, -0.2) is 37.4 Å². The summed E-state index contributed by atoms with van der Waals surface area (Å²) in [5, 5.41) is 0. The zero-order chi connectivity index (χ0) is 12.5. The molecule has 0 aromatic heterocycles. The van der Waals surface area contributed by atoms with Crippen LogP contribution in [0, 0.1) is 0 Å². The normalized spacial score (nSPS) is 26.8. The standard InChI is InChI=1S/C14H19NO3/c1-10-5-12(7-15(10)2)16-8-11-3-4-13-14(6-11)18-9-17-13/h3-4,6,10,12H,5,7-9H2,1-2H3/t10-,12-/m1/s1. The molecule has 0 aliphatic carbocycles. The van der Waals surface area contributed by atoms with Crippen molar-refractivity contribution in [2.75, 3.05) is 20.4 Å². The summed E-state index contributed by atoms with van der Waals surface area (Å²) in [6.07, 6.45) is 1.46. The van der Waals surface area contributed by atoms with Gasteiger partial charge in [-0.3, -0.25) is 0 Å². The Morgan fingerprint density at radius 3 is 2.94 bits per heavy atom. The third-order valence-electron chi connectivity index (χ3n) is 3.77. The number of rotatable bonds is 3. The second kappa shape index (κ2) is 4.78. The molecule has 1 aromatic carbocycles. The summed E-state index contributed by atoms with van der Waals surface area (Å²) in [7, 11) is 2.15. The quantitative estimate of drug-likeness (QED) is 0.820. The van der Waals surface area contributed by atoms with Gasteiger partial charge in [0.25, 0.3) is 0 Å². The predicted molar refractivity (Wildman–Crippen MR) is 67.9 cm³/mol. The molecule has 0 spiro atoms. The highest BCUT2D eigenvalue weighted by atomic mass is 16.7. The van der Waals surface area contributed by atoms with Crippen molar-refractivity contribution in [3.63, 3.8) is 0 Å². The molecule has 2 atom stereocenters. The fourth-order valence-corrected chi connectivity index (χ4v) is 2.50. The van der Waals surface area contributed by atoms with Crippen LogP contribution in [0.1, 0.15) is 18.9 Å². The first-order chi connectivity index (χ1) is 8.72. The number of likely N-dealkylation sites (tertiary alicyclic amines) is 1. The van der Waals surface area contributed by atoms with Crippen LogP contribution in [0.4, 0.5) is 0 Å². The first-order valence-electron chi connectivity index (χ1n) is 6.43. The zero-order valence-corrected chi connectivity index (χ0v) is 10.9. The molecule has 0 unspecified atom stereocenters. The molecule has 0 saturated carbocycles. The first kappa shape index (κ1) is 11.8. The summed E-state index contributed by atoms with van der Waals surface area (Å²) in [5.74, 6) is 1.65. The van der Waals surface area contributed by atoms with Gasteiger partial charge in [-0.2, -0.15) is 0 Å². The summed E-state index contributed by atoms with van der Waals surface area (Å²) in [5.41, 5.74) is 1.14. The highest BCUT2D eigenvalue weighted by Gasteiger charge is 2.26. The van der Waals surface area contributed by atoms with E-state index in [1.165, 1.54) is 0 Å². The number of ether oxygens (including phenoxy) is 3. The van der Waals surface area contributed by atoms with Gasteiger partial charge in [0.15, 0.2) is 11.5 Å². The van der Waals surface area contributed by atoms with Crippen molar-refractivity contribution in [1.29, 1.82) is 0 Å². The highest BCUT2D eigenvalue weighted by molar-refractivity contribution is 5.44. The topological polar surface area (TPSA) is 30.9 Å². The van der Waals surface area contributed by atoms with E-state index < -0.39 is 0 Å². The van der Waals surface area contributed by atoms with Gasteiger partial charge < -0.3 is 19.1 Å². The van der Waals surface area contributed by atoms with Crippen LogP contribution in [0.15, 0.2) is 18.2 Å². The van der Waals surface area contributed by atoms with Crippen LogP contribution in [0.3, 0.4) is 0 Å². The third kappa shape index (κ3) is 2.31. The summed E-state index contributed by atoms with van der Waals surface area (Å²) in [4.78, 5) is 2.34. The number of benzene rings is 1. The third-order valence-corrected chi connectivity index (χ3v) is 3.77. The van der Waals surface area contributed by atoms with Gasteiger partial charge in [0.1, 0.15) is 0 Å². The lowest BCUT2D eigenvalue weighted by atomic mass is 10.2. The Balaban J connectivity index is 1.57. The monoisotopic (exact) mass is 249 g/mol. The number of nitrogens with zero attached hydrogens (tertiary/aromatic N) is 1. The van der Waals surface area contributed by atoms with Crippen molar-refractivity contribution >= 4 is 0 Å². The number of fused-ring (bicyclic) bond motifs is 1. The average Bonchev–Trinajstić information content (AvgIpc) is 2.94. The highest BCUT2D eigenvalue weighted by Crippen LogP contribution is 2.32. The largest absolute Gasteiger partial charge is 0.454 e. The second-order valence-corrected chi connectivity index (χ2v) is 5.14. The van der Waals surface area contributed by atoms with Crippen LogP contribution >= 0.6 is 0 Å². The molecule has 98 valence electrons. The fraction of sp³-hybridized carbons (Fsp3) is 0.571. The van der Waals surface area contributed by atoms with E-state index in [-0.39, 0.29) is 0 Å². The Morgan fingerprint density at radius 2 is 2.17 bits per heavy atom. The Hall–Kier alpha value is -1.26. The molecular formula is C14H19NO3. The van der Waals surface area contributed by atoms with Crippen LogP contribution in [0.5, 0.6) is 11.5 Å². The van der Waals surface area contributed by atoms with Gasteiger partial charge in [0.05, 0.1) is 12.7 Å². The number of hydrogen-bond acceptors (Lipinski definition) is 4. The molecule has 1 fully saturated rings. The van der Waals surface area contributed by atoms with Crippen molar-refractivity contribution in [1.82, 2.24) is 4.90 Å². The van der Waals surface area contributed by atoms with Crippen LogP contribution in [-0.2, 0) is 11.3 Å². The lowest BCUT2D eigenvalue weighted by Crippen LogP contribution is -2.22. The maximum Gasteiger partial charge on any atom is 0.231 e. The molecule has 0 radical (unpaired) electrons. The zero-order valence-electron chi connectivity index (χ0n) is 10.9. The Morgan fingerprint density at radius 1 is 1.33 bits per heavy atom. The van der Waals surface area contributed by atoms with E-state index in [9.17, 15) is 0 Å². The first-order valence-corrected chi connectivity index (χ1v) is 6.43. The molecule has 3 rings (SSSR count). The lowest BCUT2D eigenvalue weighted by Gasteiger charge is -2.13. The van der Waals surface area contributed by atoms with Crippen molar-refractivity contribution in [2.24, 2.45) is 0 Å². The maximum absolute atomic E-state index is 5.95. The summed E-state index contributed by atoms with van der Waals surface area (Å²) in [6.45, 7) is 4.22. The predicted octanol–water partition coefficient (Wildman–Crippen LogP) is 2.02. The molecule has 0 bridgehead atoms. The van der Waals surface area contributed by atoms with E-state index in [2.05, 4.69) is 18.9 Å². The van der Waals surface area contributed by atoms with Crippen LogP contribution in [0.2, 0.25) is 0 Å². The van der Waals surface area contributed by atoms with Gasteiger partial charge >= 0.3 is 0 Å². The Labute approximate surface area is 107 Å². The molecular weight excluding hydrogens is 230 g/mol. The minimum absolute atomic E-state index is 0.324. The smallest absolute Gasteiger partial charge is 0.231 e. The van der Waals surface area contributed by atoms with E-state index in [1.807, 2.05) is 18.2 Å². The lowest BCUT2D eigenvalue weighted by molar-refractivity contribution is 0.0481. The second-order valence-electron chi connectivity index (χ2n) is 5.14. The molecule has 0 amide bonds. The van der Waals surface area contributed by atoms with Crippen LogP contribution in [0.25, 0.3) is 0 Å². The van der Waals surface area contributed by atoms with Crippen molar-refractivity contribution < 1.29 is 14.2 Å². The van der Waals surface area contributed by atoms with Gasteiger partial charge in [-0.1, -0.05) is 6.07 Å². The number of hydrogen-bond donors (Lipinski definition) is 0. The summed E-state index contributed by atoms with van der Waals surface area (Å²) >= 11 is 0. The van der Waals surface area contributed by atoms with Crippen molar-refractivity contribution in [3.05, 3.63) is 23.8 Å². The maximum atomic E-state index is 5.95. The van der Waals surface area contributed by atoms with E-state index in [1.54, 1.807) is 0 Å². The minimum atomic E-state index is 0.324. The van der Waals surface area contributed by atoms with Crippen LogP contribution < -0.4 is 9.47 Å². The molecule has 1 saturated heterocycles. The van der Waals surface area contributed by atoms with Gasteiger partial charge in [0.2, 0.25) is 6.79 Å². The molecule has 2 aliphatic heterocycles. The van der Waals surface area contributed by atoms with Crippen molar-refractivity contribution in [2.45, 2.75) is 32.1 Å². The number of likely N-dealkylation sites (N-methyl/N-ethyl adjacent to an activating group) is 1. The molecule has 4 heteroatoms. The van der Waals surface area contributed by atoms with Gasteiger partial charge in [-0.15, -0.1) is 0 Å². The van der Waals surface area contributed by atoms with E-state index in [0.717, 1.165) is 30.0 Å². The fourth-order valence-electron chi connectivity index (χ4n) is 2.50.